The number of esters is 1. The largest absolute Gasteiger partial charge is 0.531 e. The zero-order valence-corrected chi connectivity index (χ0v) is 44.0. The Labute approximate surface area is 413 Å². The van der Waals surface area contributed by atoms with E-state index >= 15 is 0 Å². The van der Waals surface area contributed by atoms with Crippen LogP contribution in [0.25, 0.3) is 0 Å². The molecular weight excluding hydrogens is 946 g/mol. The summed E-state index contributed by atoms with van der Waals surface area (Å²) in [6.07, 6.45) is 0.935. The molecule has 1 spiro atoms. The van der Waals surface area contributed by atoms with Crippen molar-refractivity contribution in [2.24, 2.45) is 5.16 Å². The molecule has 71 heavy (non-hydrogen) atoms. The number of nitrogens with one attached hydrogen (secondary N) is 1. The van der Waals surface area contributed by atoms with Crippen molar-refractivity contribution in [2.75, 3.05) is 13.2 Å². The summed E-state index contributed by atoms with van der Waals surface area (Å²) in [7, 11) is -4.41. The smallest absolute Gasteiger partial charge is 0.460 e. The van der Waals surface area contributed by atoms with E-state index in [1.165, 1.54) is 10.8 Å². The minimum absolute atomic E-state index is 0.0123. The SMILES string of the molecule is CC1=NO[C@@]2(CC[C@H](C)N3C[C@H]2n2cc(C(=O)NCc4ccc(F)cc4F)c(=O)c(OC(=O)OCCC(C)(C)c4c(CC(=O)OC(C)(C)C)cc(C)cc4OP(=O)(OC(C)(C)C)OC(C)(C)C)c2C3=O)C1. The van der Waals surface area contributed by atoms with Crippen LogP contribution < -0.4 is 20.0 Å². The molecule has 2 aromatic carbocycles. The van der Waals surface area contributed by atoms with E-state index in [0.29, 0.717) is 47.7 Å². The van der Waals surface area contributed by atoms with E-state index in [-0.39, 0.29) is 49.0 Å². The lowest BCUT2D eigenvalue weighted by molar-refractivity contribution is -0.153. The summed E-state index contributed by atoms with van der Waals surface area (Å²) in [5.41, 5.74) is -4.69. The van der Waals surface area contributed by atoms with Gasteiger partial charge in [0.1, 0.15) is 28.5 Å². The summed E-state index contributed by atoms with van der Waals surface area (Å²) in [5.74, 6) is -4.63. The molecule has 2 bridgehead atoms. The average Bonchev–Trinajstić information content (AvgIpc) is 3.53. The summed E-state index contributed by atoms with van der Waals surface area (Å²) in [6, 6.07) is 5.19. The molecule has 1 fully saturated rings. The van der Waals surface area contributed by atoms with Crippen molar-refractivity contribution in [1.29, 1.82) is 0 Å². The minimum Gasteiger partial charge on any atom is -0.460 e. The molecule has 0 aliphatic carbocycles. The number of nitrogens with zero attached hydrogens (tertiary/aromatic N) is 3. The predicted molar refractivity (Wildman–Crippen MR) is 259 cm³/mol. The van der Waals surface area contributed by atoms with Crippen LogP contribution in [0.15, 0.2) is 46.5 Å². The van der Waals surface area contributed by atoms with Gasteiger partial charge in [0.15, 0.2) is 11.3 Å². The number of amides is 2. The van der Waals surface area contributed by atoms with Crippen LogP contribution in [0.5, 0.6) is 11.5 Å². The first-order valence-electron chi connectivity index (χ1n) is 23.6. The zero-order valence-electron chi connectivity index (χ0n) is 43.1. The fourth-order valence-corrected chi connectivity index (χ4v) is 11.0. The molecule has 0 saturated carbocycles. The number of hydrogen-bond acceptors (Lipinski definition) is 14. The zero-order chi connectivity index (χ0) is 52.8. The van der Waals surface area contributed by atoms with Gasteiger partial charge in [0, 0.05) is 48.9 Å². The number of carbonyl (C=O) groups excluding carboxylic acids is 4. The number of oxime groups is 1. The molecule has 4 heterocycles. The quantitative estimate of drug-likeness (QED) is 0.118. The number of pyridine rings is 1. The number of fused-ring (bicyclic) bond motifs is 5. The maximum absolute atomic E-state index is 14.6. The predicted octanol–water partition coefficient (Wildman–Crippen LogP) is 9.96. The fraction of sp³-hybridized carbons (Fsp3) is 0.569. The molecule has 0 radical (unpaired) electrons. The lowest BCUT2D eigenvalue weighted by Gasteiger charge is -2.42. The van der Waals surface area contributed by atoms with E-state index in [2.05, 4.69) is 10.5 Å². The van der Waals surface area contributed by atoms with Crippen molar-refractivity contribution in [3.05, 3.63) is 91.9 Å². The molecule has 20 heteroatoms. The number of aromatic nitrogens is 1. The van der Waals surface area contributed by atoms with Gasteiger partial charge in [-0.25, -0.2) is 18.1 Å². The number of rotatable bonds is 14. The summed E-state index contributed by atoms with van der Waals surface area (Å²) in [4.78, 5) is 77.9. The van der Waals surface area contributed by atoms with Gasteiger partial charge in [0.05, 0.1) is 36.0 Å². The highest BCUT2D eigenvalue weighted by Gasteiger charge is 2.54. The highest BCUT2D eigenvalue weighted by atomic mass is 31.2. The molecule has 3 aliphatic heterocycles. The Morgan fingerprint density at radius 1 is 0.930 bits per heavy atom. The second kappa shape index (κ2) is 20.1. The average molecular weight is 1010 g/mol. The van der Waals surface area contributed by atoms with Crippen molar-refractivity contribution >= 4 is 37.5 Å². The highest BCUT2D eigenvalue weighted by molar-refractivity contribution is 7.49. The van der Waals surface area contributed by atoms with E-state index in [1.807, 2.05) is 6.92 Å². The summed E-state index contributed by atoms with van der Waals surface area (Å²) >= 11 is 0. The van der Waals surface area contributed by atoms with Crippen LogP contribution in [-0.4, -0.2) is 80.7 Å². The normalized spacial score (nSPS) is 19.4. The number of phosphoric acid groups is 1. The molecule has 0 unspecified atom stereocenters. The topological polar surface area (TPSA) is 200 Å². The van der Waals surface area contributed by atoms with Crippen molar-refractivity contribution in [3.8, 4) is 11.5 Å². The Morgan fingerprint density at radius 2 is 1.59 bits per heavy atom. The first-order valence-corrected chi connectivity index (χ1v) is 25.1. The fourth-order valence-electron chi connectivity index (χ4n) is 9.12. The number of ether oxygens (including phenoxy) is 3. The van der Waals surface area contributed by atoms with Crippen LogP contribution in [0, 0.1) is 18.6 Å². The molecule has 2 amide bonds. The molecule has 1 N–H and O–H groups in total. The lowest BCUT2D eigenvalue weighted by atomic mass is 9.77. The van der Waals surface area contributed by atoms with Crippen molar-refractivity contribution in [3.63, 3.8) is 0 Å². The standard InChI is InChI=1S/C51H67F2N4O13P/c1-29-21-33(23-39(58)66-47(4,5)6)40(37(22-29)67-71(63,69-48(7,8)9)70-49(10,11)12)50(13,14)19-20-64-46(62)65-43-41-45(61)56-28-38(51(18-17-31(56)3)25-30(2)55-68-51)57(41)27-35(42(43)59)44(60)54-26-32-15-16-34(52)24-36(32)53/h15-16,21-22,24,27,31,38H,17-20,23,25-26,28H2,1-14H3,(H,54,60)/t31-,38+,51-/m0/s1. The Hall–Kier alpha value is -5.65. The molecule has 388 valence electrons. The monoisotopic (exact) mass is 1010 g/mol. The van der Waals surface area contributed by atoms with Crippen molar-refractivity contribution < 1.29 is 65.1 Å². The van der Waals surface area contributed by atoms with Crippen molar-refractivity contribution in [2.45, 2.75) is 175 Å². The van der Waals surface area contributed by atoms with Crippen molar-refractivity contribution in [1.82, 2.24) is 14.8 Å². The van der Waals surface area contributed by atoms with Gasteiger partial charge in [-0.15, -0.1) is 0 Å². The Bertz CT molecular complexity index is 2720. The van der Waals surface area contributed by atoms with Gasteiger partial charge in [-0.3, -0.25) is 28.2 Å². The first kappa shape index (κ1) is 54.7. The molecule has 17 nitrogen and oxygen atoms in total. The third kappa shape index (κ3) is 13.1. The molecule has 1 aromatic heterocycles. The minimum atomic E-state index is -4.41. The number of halogens is 2. The van der Waals surface area contributed by atoms with Gasteiger partial charge in [-0.05, 0) is 131 Å². The first-order chi connectivity index (χ1) is 32.7. The molecule has 3 atom stereocenters. The summed E-state index contributed by atoms with van der Waals surface area (Å²) in [6.45, 7) is 23.7. The molecular formula is C51H67F2N4O13P. The second-order valence-corrected chi connectivity index (χ2v) is 23.7. The number of aryl methyl sites for hydroxylation is 1. The van der Waals surface area contributed by atoms with E-state index in [1.54, 1.807) is 107 Å². The molecule has 3 aliphatic rings. The number of carbonyl (C=O) groups is 4. The van der Waals surface area contributed by atoms with Gasteiger partial charge >= 0.3 is 19.9 Å². The van der Waals surface area contributed by atoms with Crippen LogP contribution in [0.2, 0.25) is 0 Å². The Morgan fingerprint density at radius 3 is 2.18 bits per heavy atom. The third-order valence-corrected chi connectivity index (χ3v) is 14.0. The highest BCUT2D eigenvalue weighted by Crippen LogP contribution is 2.57. The van der Waals surface area contributed by atoms with Gasteiger partial charge in [0.2, 0.25) is 11.2 Å². The van der Waals surface area contributed by atoms with Crippen LogP contribution in [0.4, 0.5) is 13.6 Å². The van der Waals surface area contributed by atoms with Gasteiger partial charge in [-0.1, -0.05) is 31.1 Å². The number of phosphoric ester groups is 1. The molecule has 6 rings (SSSR count). The van der Waals surface area contributed by atoms with E-state index in [9.17, 15) is 37.3 Å². The Balaban J connectivity index is 1.36. The van der Waals surface area contributed by atoms with Gasteiger partial charge in [-0.2, -0.15) is 0 Å². The second-order valence-electron chi connectivity index (χ2n) is 22.2. The third-order valence-electron chi connectivity index (χ3n) is 12.0. The Kier molecular flexibility index (Phi) is 15.5. The van der Waals surface area contributed by atoms with Crippen LogP contribution in [0.3, 0.4) is 0 Å². The maximum Gasteiger partial charge on any atom is 0.531 e. The van der Waals surface area contributed by atoms with E-state index in [4.69, 9.17) is 32.6 Å². The maximum atomic E-state index is 14.6. The number of hydrogen-bond donors (Lipinski definition) is 1. The van der Waals surface area contributed by atoms with Crippen LogP contribution in [-0.2, 0) is 51.1 Å². The van der Waals surface area contributed by atoms with Gasteiger partial charge < -0.3 is 38.4 Å². The van der Waals surface area contributed by atoms with Crippen LogP contribution in [0.1, 0.15) is 165 Å². The van der Waals surface area contributed by atoms with Crippen LogP contribution >= 0.6 is 7.82 Å². The van der Waals surface area contributed by atoms with E-state index < -0.39 is 101 Å². The lowest BCUT2D eigenvalue weighted by Crippen LogP contribution is -2.52. The van der Waals surface area contributed by atoms with Gasteiger partial charge in [0.25, 0.3) is 11.8 Å². The number of benzene rings is 2. The summed E-state index contributed by atoms with van der Waals surface area (Å²) < 4.78 is 79.6. The molecule has 1 saturated heterocycles. The van der Waals surface area contributed by atoms with E-state index in [0.717, 1.165) is 12.1 Å². The molecule has 3 aromatic rings. The summed E-state index contributed by atoms with van der Waals surface area (Å²) in [5, 5.41) is 6.73.